The second-order valence-electron chi connectivity index (χ2n) is 2.19. The minimum absolute atomic E-state index is 0.0463. The SMILES string of the molecule is O=P(O)(O)OCCC(Cl)CCCl. The van der Waals surface area contributed by atoms with Crippen molar-refractivity contribution in [1.82, 2.24) is 0 Å². The van der Waals surface area contributed by atoms with Gasteiger partial charge in [-0.05, 0) is 12.8 Å². The summed E-state index contributed by atoms with van der Waals surface area (Å²) in [4.78, 5) is 16.6. The predicted octanol–water partition coefficient (Wildman–Crippen LogP) is 1.72. The van der Waals surface area contributed by atoms with Crippen molar-refractivity contribution in [2.24, 2.45) is 0 Å². The average molecular weight is 237 g/mol. The van der Waals surface area contributed by atoms with E-state index in [1.165, 1.54) is 0 Å². The first-order valence-electron chi connectivity index (χ1n) is 3.36. The third-order valence-electron chi connectivity index (χ3n) is 1.11. The molecule has 2 N–H and O–H groups in total. The van der Waals surface area contributed by atoms with Gasteiger partial charge in [0.15, 0.2) is 0 Å². The molecule has 74 valence electrons. The van der Waals surface area contributed by atoms with Crippen LogP contribution in [-0.2, 0) is 9.09 Å². The fourth-order valence-corrected chi connectivity index (χ4v) is 1.48. The van der Waals surface area contributed by atoms with Crippen molar-refractivity contribution in [1.29, 1.82) is 0 Å². The second kappa shape index (κ2) is 6.19. The summed E-state index contributed by atoms with van der Waals surface area (Å²) in [6.07, 6.45) is 0.993. The van der Waals surface area contributed by atoms with Crippen molar-refractivity contribution in [2.75, 3.05) is 12.5 Å². The van der Waals surface area contributed by atoms with E-state index >= 15 is 0 Å². The van der Waals surface area contributed by atoms with Gasteiger partial charge in [-0.1, -0.05) is 0 Å². The molecule has 7 heteroatoms. The summed E-state index contributed by atoms with van der Waals surface area (Å²) in [6, 6.07) is 0. The molecule has 0 bridgehead atoms. The molecule has 0 aliphatic carbocycles. The molecule has 0 radical (unpaired) electrons. The minimum atomic E-state index is -4.33. The van der Waals surface area contributed by atoms with Crippen LogP contribution in [0.2, 0.25) is 0 Å². The van der Waals surface area contributed by atoms with Crippen LogP contribution in [0.1, 0.15) is 12.8 Å². The van der Waals surface area contributed by atoms with Gasteiger partial charge in [-0.15, -0.1) is 23.2 Å². The predicted molar refractivity (Wildman–Crippen MR) is 47.6 cm³/mol. The highest BCUT2D eigenvalue weighted by Crippen LogP contribution is 2.35. The lowest BCUT2D eigenvalue weighted by Crippen LogP contribution is -2.04. The summed E-state index contributed by atoms with van der Waals surface area (Å²) in [5, 5.41) is -0.186. The van der Waals surface area contributed by atoms with Gasteiger partial charge in [-0.25, -0.2) is 4.57 Å². The van der Waals surface area contributed by atoms with Gasteiger partial charge in [-0.3, -0.25) is 4.52 Å². The Morgan fingerprint density at radius 2 is 2.00 bits per heavy atom. The molecule has 0 aromatic rings. The van der Waals surface area contributed by atoms with E-state index in [9.17, 15) is 4.57 Å². The highest BCUT2D eigenvalue weighted by molar-refractivity contribution is 7.46. The molecule has 0 aromatic heterocycles. The molecule has 0 rings (SSSR count). The standard InChI is InChI=1S/C5H11Cl2O4P/c6-3-1-5(7)2-4-11-12(8,9)10/h5H,1-4H2,(H2,8,9,10). The summed E-state index contributed by atoms with van der Waals surface area (Å²) in [6.45, 7) is -0.0463. The lowest BCUT2D eigenvalue weighted by atomic mass is 10.2. The molecule has 0 heterocycles. The lowest BCUT2D eigenvalue weighted by Gasteiger charge is -2.08. The molecule has 12 heavy (non-hydrogen) atoms. The largest absolute Gasteiger partial charge is 0.469 e. The first kappa shape index (κ1) is 12.7. The van der Waals surface area contributed by atoms with Gasteiger partial charge in [-0.2, -0.15) is 0 Å². The number of phosphoric ester groups is 1. The lowest BCUT2D eigenvalue weighted by molar-refractivity contribution is 0.194. The van der Waals surface area contributed by atoms with Crippen molar-refractivity contribution < 1.29 is 18.9 Å². The molecule has 0 aliphatic rings. The van der Waals surface area contributed by atoms with Gasteiger partial charge in [0, 0.05) is 11.3 Å². The van der Waals surface area contributed by atoms with E-state index < -0.39 is 7.82 Å². The fraction of sp³-hybridized carbons (Fsp3) is 1.00. The van der Waals surface area contributed by atoms with Crippen LogP contribution in [0.3, 0.4) is 0 Å². The Bertz CT molecular complexity index is 160. The first-order valence-corrected chi connectivity index (χ1v) is 5.86. The summed E-state index contributed by atoms with van der Waals surface area (Å²) >= 11 is 11.1. The maximum atomic E-state index is 10.2. The van der Waals surface area contributed by atoms with Gasteiger partial charge in [0.25, 0.3) is 0 Å². The molecule has 0 aliphatic heterocycles. The maximum Gasteiger partial charge on any atom is 0.469 e. The Morgan fingerprint density at radius 3 is 2.42 bits per heavy atom. The van der Waals surface area contributed by atoms with E-state index in [-0.39, 0.29) is 12.0 Å². The topological polar surface area (TPSA) is 66.8 Å². The fourth-order valence-electron chi connectivity index (χ4n) is 0.562. The number of halogens is 2. The third-order valence-corrected chi connectivity index (χ3v) is 2.29. The molecule has 0 spiro atoms. The summed E-state index contributed by atoms with van der Waals surface area (Å²) < 4.78 is 14.4. The number of alkyl halides is 2. The zero-order chi connectivity index (χ0) is 9.61. The smallest absolute Gasteiger partial charge is 0.303 e. The van der Waals surface area contributed by atoms with Crippen LogP contribution in [-0.4, -0.2) is 27.7 Å². The Labute approximate surface area is 81.1 Å². The van der Waals surface area contributed by atoms with Crippen LogP contribution in [0.15, 0.2) is 0 Å². The molecule has 0 fully saturated rings. The quantitative estimate of drug-likeness (QED) is 0.545. The van der Waals surface area contributed by atoms with Crippen LogP contribution >= 0.6 is 31.0 Å². The normalized spacial score (nSPS) is 14.7. The molecular weight excluding hydrogens is 226 g/mol. The minimum Gasteiger partial charge on any atom is -0.303 e. The van der Waals surface area contributed by atoms with Gasteiger partial charge in [0.05, 0.1) is 6.61 Å². The number of hydrogen-bond acceptors (Lipinski definition) is 2. The zero-order valence-corrected chi connectivity index (χ0v) is 8.73. The van der Waals surface area contributed by atoms with Crippen molar-refractivity contribution >= 4 is 31.0 Å². The third kappa shape index (κ3) is 8.78. The number of phosphoric acid groups is 1. The van der Waals surface area contributed by atoms with E-state index in [1.807, 2.05) is 0 Å². The summed E-state index contributed by atoms with van der Waals surface area (Å²) in [7, 11) is -4.33. The highest BCUT2D eigenvalue weighted by atomic mass is 35.5. The first-order chi connectivity index (χ1) is 5.45. The molecule has 0 saturated carbocycles. The van der Waals surface area contributed by atoms with Gasteiger partial charge < -0.3 is 9.79 Å². The number of rotatable bonds is 6. The van der Waals surface area contributed by atoms with E-state index in [0.717, 1.165) is 0 Å². The maximum absolute atomic E-state index is 10.2. The van der Waals surface area contributed by atoms with Gasteiger partial charge in [0.2, 0.25) is 0 Å². The molecule has 0 amide bonds. The van der Waals surface area contributed by atoms with Gasteiger partial charge in [0.1, 0.15) is 0 Å². The monoisotopic (exact) mass is 236 g/mol. The Morgan fingerprint density at radius 1 is 1.42 bits per heavy atom. The Hall–Kier alpha value is 0.690. The van der Waals surface area contributed by atoms with Crippen molar-refractivity contribution in [3.8, 4) is 0 Å². The van der Waals surface area contributed by atoms with Crippen LogP contribution in [0.25, 0.3) is 0 Å². The van der Waals surface area contributed by atoms with Crippen molar-refractivity contribution in [3.05, 3.63) is 0 Å². The second-order valence-corrected chi connectivity index (χ2v) is 4.42. The summed E-state index contributed by atoms with van der Waals surface area (Å²) in [5.41, 5.74) is 0. The van der Waals surface area contributed by atoms with Crippen LogP contribution in [0.5, 0.6) is 0 Å². The molecule has 1 atom stereocenters. The van der Waals surface area contributed by atoms with Crippen molar-refractivity contribution in [2.45, 2.75) is 18.2 Å². The van der Waals surface area contributed by atoms with Crippen molar-refractivity contribution in [3.63, 3.8) is 0 Å². The zero-order valence-electron chi connectivity index (χ0n) is 6.32. The van der Waals surface area contributed by atoms with Crippen LogP contribution in [0.4, 0.5) is 0 Å². The number of hydrogen-bond donors (Lipinski definition) is 2. The molecule has 4 nitrogen and oxygen atoms in total. The van der Waals surface area contributed by atoms with Gasteiger partial charge >= 0.3 is 7.82 Å². The molecule has 1 unspecified atom stereocenters. The average Bonchev–Trinajstić information content (AvgIpc) is 1.84. The van der Waals surface area contributed by atoms with E-state index in [2.05, 4.69) is 4.52 Å². The van der Waals surface area contributed by atoms with E-state index in [0.29, 0.717) is 18.7 Å². The van der Waals surface area contributed by atoms with Crippen LogP contribution in [0, 0.1) is 0 Å². The molecular formula is C5H11Cl2O4P. The molecule has 0 saturated heterocycles. The van der Waals surface area contributed by atoms with E-state index in [4.69, 9.17) is 33.0 Å². The Balaban J connectivity index is 3.37. The van der Waals surface area contributed by atoms with Crippen LogP contribution < -0.4 is 0 Å². The Kier molecular flexibility index (Phi) is 6.55. The van der Waals surface area contributed by atoms with E-state index in [1.54, 1.807) is 0 Å². The highest BCUT2D eigenvalue weighted by Gasteiger charge is 2.14. The molecule has 0 aromatic carbocycles. The summed E-state index contributed by atoms with van der Waals surface area (Å²) in [5.74, 6) is 0.435.